The van der Waals surface area contributed by atoms with Gasteiger partial charge in [-0.25, -0.2) is 0 Å². The number of rotatable bonds is 14. The van der Waals surface area contributed by atoms with Gasteiger partial charge in [0.05, 0.1) is 46.3 Å². The van der Waals surface area contributed by atoms with Crippen molar-refractivity contribution in [2.45, 2.75) is 86.6 Å². The molecule has 0 fully saturated rings. The predicted octanol–water partition coefficient (Wildman–Crippen LogP) is 0.904. The van der Waals surface area contributed by atoms with Crippen LogP contribution in [0, 0.1) is 0 Å². The van der Waals surface area contributed by atoms with Crippen molar-refractivity contribution in [2.24, 2.45) is 0 Å². The third-order valence-electron chi connectivity index (χ3n) is 6.53. The molecule has 0 atom stereocenters. The second kappa shape index (κ2) is 20.6. The van der Waals surface area contributed by atoms with Gasteiger partial charge in [0.15, 0.2) is 0 Å². The van der Waals surface area contributed by atoms with Crippen LogP contribution in [0.5, 0.6) is 0 Å². The highest BCUT2D eigenvalue weighted by atomic mass is 35.5. The molecule has 0 radical (unpaired) electrons. The van der Waals surface area contributed by atoms with E-state index in [0.717, 1.165) is 0 Å². The molecular weight excluding hydrogens is 411 g/mol. The average Bonchev–Trinajstić information content (AvgIpc) is 2.74. The Morgan fingerprint density at radius 1 is 0.600 bits per heavy atom. The summed E-state index contributed by atoms with van der Waals surface area (Å²) >= 11 is 0. The third kappa shape index (κ3) is 14.7. The molecule has 0 N–H and O–H groups in total. The maximum atomic E-state index is 2.45. The van der Waals surface area contributed by atoms with Crippen LogP contribution in [-0.4, -0.2) is 55.3 Å². The Morgan fingerprint density at radius 2 is 0.967 bits per heavy atom. The summed E-state index contributed by atoms with van der Waals surface area (Å²) in [5.74, 6) is 0. The van der Waals surface area contributed by atoms with Gasteiger partial charge >= 0.3 is 0 Å². The molecule has 0 saturated heterocycles. The van der Waals surface area contributed by atoms with Crippen LogP contribution in [0.25, 0.3) is 0 Å². The topological polar surface area (TPSA) is 0 Å². The summed E-state index contributed by atoms with van der Waals surface area (Å²) in [7, 11) is 2.45. The number of nitrogens with zero attached hydrogens (tertiary/aromatic N) is 2. The molecule has 0 unspecified atom stereocenters. The van der Waals surface area contributed by atoms with Gasteiger partial charge in [-0.2, -0.15) is 0 Å². The molecule has 1 aromatic rings. The van der Waals surface area contributed by atoms with E-state index in [2.05, 4.69) is 78.9 Å². The van der Waals surface area contributed by atoms with Crippen LogP contribution in [-0.2, 0) is 6.54 Å². The van der Waals surface area contributed by atoms with Crippen LogP contribution in [0.3, 0.4) is 0 Å². The summed E-state index contributed by atoms with van der Waals surface area (Å²) in [6.45, 7) is 22.7. The fourth-order valence-corrected chi connectivity index (χ4v) is 3.93. The lowest BCUT2D eigenvalue weighted by molar-refractivity contribution is -0.936. The number of unbranched alkanes of at least 4 members (excludes halogenated alkanes) is 3. The largest absolute Gasteiger partial charge is 1.00 e. The summed E-state index contributed by atoms with van der Waals surface area (Å²) in [6, 6.07) is 10.8. The number of quaternary nitrogens is 2. The number of hydrogen-bond donors (Lipinski definition) is 0. The molecule has 4 heteroatoms. The number of benzene rings is 1. The van der Waals surface area contributed by atoms with Gasteiger partial charge in [0, 0.05) is 5.56 Å². The van der Waals surface area contributed by atoms with E-state index in [1.165, 1.54) is 98.9 Å². The summed E-state index contributed by atoms with van der Waals surface area (Å²) in [6.07, 6.45) is 8.20. The fourth-order valence-electron chi connectivity index (χ4n) is 3.93. The van der Waals surface area contributed by atoms with Crippen LogP contribution in [0.1, 0.15) is 85.6 Å². The maximum absolute atomic E-state index is 2.45. The van der Waals surface area contributed by atoms with E-state index in [1.54, 1.807) is 0 Å². The monoisotopic (exact) mass is 462 g/mol. The summed E-state index contributed by atoms with van der Waals surface area (Å²) in [5, 5.41) is 0. The van der Waals surface area contributed by atoms with E-state index in [0.29, 0.717) is 0 Å². The molecule has 0 bridgehead atoms. The second-order valence-electron chi connectivity index (χ2n) is 8.79. The first-order valence-electron chi connectivity index (χ1n) is 12.2. The van der Waals surface area contributed by atoms with Gasteiger partial charge in [-0.05, 0) is 40.0 Å². The third-order valence-corrected chi connectivity index (χ3v) is 6.53. The standard InChI is InChI=1S/C13H22N.C13H30N.2ClH/c1-4-14(5-2,6-3)12-13-10-8-7-9-11-13;1-5-8-11-14(4,12-9-6-2)13-10-7-3;;/h7-11H,4-6,12H2,1-3H3;5-13H2,1-4H3;2*1H/q2*+1;;/p-2. The highest BCUT2D eigenvalue weighted by molar-refractivity contribution is 5.13. The van der Waals surface area contributed by atoms with Crippen LogP contribution in [0.2, 0.25) is 0 Å². The lowest BCUT2D eigenvalue weighted by Crippen LogP contribution is -3.00. The Kier molecular flexibility index (Phi) is 23.6. The second-order valence-corrected chi connectivity index (χ2v) is 8.79. The maximum Gasteiger partial charge on any atom is 0.104 e. The van der Waals surface area contributed by atoms with Crippen LogP contribution in [0.4, 0.5) is 0 Å². The van der Waals surface area contributed by atoms with Crippen molar-refractivity contribution in [3.8, 4) is 0 Å². The van der Waals surface area contributed by atoms with E-state index in [1.807, 2.05) is 0 Å². The van der Waals surface area contributed by atoms with Crippen LogP contribution < -0.4 is 24.8 Å². The van der Waals surface area contributed by atoms with Gasteiger partial charge in [-0.3, -0.25) is 0 Å². The van der Waals surface area contributed by atoms with Gasteiger partial charge in [0.2, 0.25) is 0 Å². The van der Waals surface area contributed by atoms with Gasteiger partial charge in [-0.1, -0.05) is 70.4 Å². The lowest BCUT2D eigenvalue weighted by Gasteiger charge is -2.35. The Labute approximate surface area is 202 Å². The van der Waals surface area contributed by atoms with Crippen molar-refractivity contribution in [1.82, 2.24) is 0 Å². The molecule has 1 rings (SSSR count). The summed E-state index contributed by atoms with van der Waals surface area (Å²) in [4.78, 5) is 0. The Hall–Kier alpha value is -0.280. The molecule has 0 saturated carbocycles. The van der Waals surface area contributed by atoms with Crippen LogP contribution in [0.15, 0.2) is 30.3 Å². The molecule has 0 aromatic heterocycles. The molecule has 0 heterocycles. The van der Waals surface area contributed by atoms with Crippen molar-refractivity contribution in [1.29, 1.82) is 0 Å². The minimum absolute atomic E-state index is 0. The van der Waals surface area contributed by atoms with Crippen molar-refractivity contribution in [3.05, 3.63) is 35.9 Å². The SMILES string of the molecule is CCCC[N+](C)(CCCC)CCCC.CC[N+](CC)(CC)Cc1ccccc1.[Cl-].[Cl-]. The first-order valence-corrected chi connectivity index (χ1v) is 12.2. The normalized spacial score (nSPS) is 11.0. The van der Waals surface area contributed by atoms with Gasteiger partial charge in [0.1, 0.15) is 6.54 Å². The van der Waals surface area contributed by atoms with Crippen LogP contribution >= 0.6 is 0 Å². The number of hydrogen-bond acceptors (Lipinski definition) is 0. The minimum atomic E-state index is 0. The van der Waals surface area contributed by atoms with E-state index in [-0.39, 0.29) is 24.8 Å². The lowest BCUT2D eigenvalue weighted by atomic mass is 10.2. The minimum Gasteiger partial charge on any atom is -1.00 e. The molecule has 0 aliphatic heterocycles. The van der Waals surface area contributed by atoms with Crippen molar-refractivity contribution in [3.63, 3.8) is 0 Å². The Balaban J connectivity index is -0.000000456. The average molecular weight is 464 g/mol. The smallest absolute Gasteiger partial charge is 0.104 e. The molecule has 0 spiro atoms. The molecule has 1 aromatic carbocycles. The fraction of sp³-hybridized carbons (Fsp3) is 0.769. The molecule has 2 nitrogen and oxygen atoms in total. The van der Waals surface area contributed by atoms with E-state index in [9.17, 15) is 0 Å². The molecule has 0 aliphatic rings. The number of halogens is 2. The van der Waals surface area contributed by atoms with Gasteiger partial charge in [-0.15, -0.1) is 0 Å². The highest BCUT2D eigenvalue weighted by Gasteiger charge is 2.20. The van der Waals surface area contributed by atoms with Gasteiger partial charge in [0.25, 0.3) is 0 Å². The zero-order valence-corrected chi connectivity index (χ0v) is 22.7. The first kappa shape index (κ1) is 34.3. The molecule has 0 aliphatic carbocycles. The van der Waals surface area contributed by atoms with E-state index >= 15 is 0 Å². The Morgan fingerprint density at radius 3 is 1.27 bits per heavy atom. The highest BCUT2D eigenvalue weighted by Crippen LogP contribution is 2.13. The van der Waals surface area contributed by atoms with Crippen molar-refractivity contribution < 1.29 is 33.8 Å². The molecule has 30 heavy (non-hydrogen) atoms. The zero-order chi connectivity index (χ0) is 21.3. The quantitative estimate of drug-likeness (QED) is 0.360. The predicted molar refractivity (Wildman–Crippen MR) is 128 cm³/mol. The van der Waals surface area contributed by atoms with Gasteiger partial charge < -0.3 is 33.8 Å². The van der Waals surface area contributed by atoms with Crippen molar-refractivity contribution >= 4 is 0 Å². The first-order chi connectivity index (χ1) is 13.4. The van der Waals surface area contributed by atoms with E-state index < -0.39 is 0 Å². The molecule has 180 valence electrons. The zero-order valence-electron chi connectivity index (χ0n) is 21.2. The molecular formula is C26H52Cl2N2. The summed E-state index contributed by atoms with van der Waals surface area (Å²) < 4.78 is 2.51. The van der Waals surface area contributed by atoms with Crippen molar-refractivity contribution in [2.75, 3.05) is 46.3 Å². The Bertz CT molecular complexity index is 431. The summed E-state index contributed by atoms with van der Waals surface area (Å²) in [5.41, 5.74) is 1.46. The molecule has 0 amide bonds. The van der Waals surface area contributed by atoms with E-state index in [4.69, 9.17) is 0 Å².